The fraction of sp³-hybridized carbons (Fsp3) is 0.579. The maximum absolute atomic E-state index is 10.3. The number of piperazine rings is 1. The van der Waals surface area contributed by atoms with Crippen molar-refractivity contribution >= 4 is 22.6 Å². The molecule has 0 aromatic carbocycles. The number of rotatable bonds is 5. The first-order valence-corrected chi connectivity index (χ1v) is 9.15. The number of hydrogen-bond donors (Lipinski definition) is 2. The molecule has 6 nitrogen and oxygen atoms in total. The zero-order chi connectivity index (χ0) is 19.5. The Hall–Kier alpha value is -1.47. The topological polar surface area (TPSA) is 72.2 Å². The molecule has 2 aliphatic heterocycles. The number of allylic oxidation sites excluding steroid dienone is 3. The Bertz CT molecular complexity index is 650. The molecule has 2 atom stereocenters. The van der Waals surface area contributed by atoms with E-state index in [-0.39, 0.29) is 10.8 Å². The molecule has 144 valence electrons. The minimum atomic E-state index is -0.456. The van der Waals surface area contributed by atoms with Gasteiger partial charge in [-0.2, -0.15) is 0 Å². The third-order valence-corrected chi connectivity index (χ3v) is 5.18. The van der Waals surface area contributed by atoms with E-state index in [2.05, 4.69) is 34.9 Å². The number of aliphatic hydroxyl groups excluding tert-OH is 1. The van der Waals surface area contributed by atoms with Crippen molar-refractivity contribution in [2.24, 2.45) is 4.99 Å². The third-order valence-electron chi connectivity index (χ3n) is 5.10. The fourth-order valence-electron chi connectivity index (χ4n) is 3.38. The third kappa shape index (κ3) is 4.62. The quantitative estimate of drug-likeness (QED) is 0.332. The molecule has 0 amide bonds. The summed E-state index contributed by atoms with van der Waals surface area (Å²) in [5.74, 6) is 0. The number of halogens is 1. The van der Waals surface area contributed by atoms with E-state index in [1.165, 1.54) is 0 Å². The lowest BCUT2D eigenvalue weighted by atomic mass is 9.95. The highest BCUT2D eigenvalue weighted by Crippen LogP contribution is 2.28. The van der Waals surface area contributed by atoms with Crippen molar-refractivity contribution in [2.75, 3.05) is 39.4 Å². The van der Waals surface area contributed by atoms with E-state index in [0.717, 1.165) is 43.0 Å². The van der Waals surface area contributed by atoms with Gasteiger partial charge in [0.25, 0.3) is 0 Å². The van der Waals surface area contributed by atoms with Crippen molar-refractivity contribution in [3.8, 4) is 0 Å². The summed E-state index contributed by atoms with van der Waals surface area (Å²) >= 11 is 5.63. The molecule has 0 saturated carbocycles. The zero-order valence-corrected chi connectivity index (χ0v) is 16.6. The van der Waals surface area contributed by atoms with Crippen LogP contribution in [0.5, 0.6) is 0 Å². The molecule has 0 spiro atoms. The highest BCUT2D eigenvalue weighted by molar-refractivity contribution is 6.65. The highest BCUT2D eigenvalue weighted by atomic mass is 35.5. The van der Waals surface area contributed by atoms with Crippen molar-refractivity contribution < 1.29 is 9.84 Å². The molecular formula is C19H29ClN4O2. The Labute approximate surface area is 161 Å². The van der Waals surface area contributed by atoms with Gasteiger partial charge in [-0.05, 0) is 49.6 Å². The van der Waals surface area contributed by atoms with E-state index in [4.69, 9.17) is 21.7 Å². The second-order valence-electron chi connectivity index (χ2n) is 7.24. The summed E-state index contributed by atoms with van der Waals surface area (Å²) in [6, 6.07) is 0. The Morgan fingerprint density at radius 1 is 1.27 bits per heavy atom. The predicted octanol–water partition coefficient (Wildman–Crippen LogP) is 2.40. The predicted molar refractivity (Wildman–Crippen MR) is 107 cm³/mol. The van der Waals surface area contributed by atoms with Crippen LogP contribution in [-0.4, -0.2) is 76.9 Å². The molecule has 2 N–H and O–H groups in total. The molecule has 2 aliphatic rings. The van der Waals surface area contributed by atoms with Gasteiger partial charge in [0.2, 0.25) is 5.29 Å². The molecule has 2 unspecified atom stereocenters. The highest BCUT2D eigenvalue weighted by Gasteiger charge is 2.44. The minimum Gasteiger partial charge on any atom is -0.389 e. The number of nitrogens with zero attached hydrogens (tertiary/aromatic N) is 3. The second kappa shape index (κ2) is 8.48. The number of hydrogen-bond acceptors (Lipinski definition) is 5. The summed E-state index contributed by atoms with van der Waals surface area (Å²) in [5, 5.41) is 17.4. The first-order chi connectivity index (χ1) is 12.1. The van der Waals surface area contributed by atoms with Gasteiger partial charge in [0.05, 0.1) is 30.6 Å². The van der Waals surface area contributed by atoms with Gasteiger partial charge in [0.15, 0.2) is 0 Å². The van der Waals surface area contributed by atoms with E-state index in [1.807, 2.05) is 19.9 Å². The summed E-state index contributed by atoms with van der Waals surface area (Å²) < 4.78 is 5.47. The average Bonchev–Trinajstić information content (AvgIpc) is 2.91. The number of nitrogens with one attached hydrogen (secondary N) is 1. The Morgan fingerprint density at radius 3 is 2.31 bits per heavy atom. The number of aliphatic hydroxyl groups is 1. The standard InChI is InChI=1S/C19H29ClN4O2/c1-13(2)15(22-18(20)21)10-16(14(3)4)23-6-8-24(9-7-23)19(5)12-26-11-17(19)25/h10,17,21,25H,1,3,6-9,11-12H2,2,4-5H3/b16-10+,21-18?,22-15-. The van der Waals surface area contributed by atoms with E-state index < -0.39 is 6.10 Å². The second-order valence-corrected chi connectivity index (χ2v) is 7.60. The summed E-state index contributed by atoms with van der Waals surface area (Å²) in [6.07, 6.45) is 1.44. The normalized spacial score (nSPS) is 28.3. The minimum absolute atomic E-state index is 0.270. The van der Waals surface area contributed by atoms with Gasteiger partial charge in [0.1, 0.15) is 0 Å². The maximum atomic E-state index is 10.3. The van der Waals surface area contributed by atoms with Crippen LogP contribution in [0.1, 0.15) is 20.8 Å². The van der Waals surface area contributed by atoms with Gasteiger partial charge in [-0.25, -0.2) is 4.99 Å². The Kier molecular flexibility index (Phi) is 6.80. The summed E-state index contributed by atoms with van der Waals surface area (Å²) in [4.78, 5) is 8.61. The molecule has 7 heteroatoms. The first kappa shape index (κ1) is 20.8. The van der Waals surface area contributed by atoms with E-state index in [0.29, 0.717) is 18.9 Å². The van der Waals surface area contributed by atoms with E-state index >= 15 is 0 Å². The number of amidine groups is 1. The van der Waals surface area contributed by atoms with Crippen LogP contribution in [0.3, 0.4) is 0 Å². The van der Waals surface area contributed by atoms with Crippen LogP contribution in [0, 0.1) is 5.41 Å². The van der Waals surface area contributed by atoms with Crippen LogP contribution < -0.4 is 0 Å². The van der Waals surface area contributed by atoms with Crippen LogP contribution >= 0.6 is 11.6 Å². The van der Waals surface area contributed by atoms with Gasteiger partial charge < -0.3 is 14.7 Å². The summed E-state index contributed by atoms with van der Waals surface area (Å²) in [6.45, 7) is 18.1. The van der Waals surface area contributed by atoms with Gasteiger partial charge in [-0.15, -0.1) is 0 Å². The van der Waals surface area contributed by atoms with Gasteiger partial charge in [-0.3, -0.25) is 10.3 Å². The Morgan fingerprint density at radius 2 is 1.88 bits per heavy atom. The molecule has 0 bridgehead atoms. The average molecular weight is 381 g/mol. The molecular weight excluding hydrogens is 352 g/mol. The van der Waals surface area contributed by atoms with Gasteiger partial charge >= 0.3 is 0 Å². The summed E-state index contributed by atoms with van der Waals surface area (Å²) in [5.41, 5.74) is 2.89. The van der Waals surface area contributed by atoms with Crippen molar-refractivity contribution in [1.29, 1.82) is 5.41 Å². The lowest BCUT2D eigenvalue weighted by Gasteiger charge is -2.45. The molecule has 0 aromatic heterocycles. The molecule has 2 fully saturated rings. The van der Waals surface area contributed by atoms with Crippen molar-refractivity contribution in [3.63, 3.8) is 0 Å². The zero-order valence-electron chi connectivity index (χ0n) is 15.9. The molecule has 0 radical (unpaired) electrons. The van der Waals surface area contributed by atoms with Crippen molar-refractivity contribution in [3.05, 3.63) is 36.1 Å². The molecule has 2 heterocycles. The van der Waals surface area contributed by atoms with Crippen LogP contribution in [0.25, 0.3) is 0 Å². The first-order valence-electron chi connectivity index (χ1n) is 8.77. The van der Waals surface area contributed by atoms with Crippen LogP contribution in [0.2, 0.25) is 0 Å². The van der Waals surface area contributed by atoms with Crippen LogP contribution in [0.4, 0.5) is 0 Å². The lowest BCUT2D eigenvalue weighted by Crippen LogP contribution is -2.60. The number of ether oxygens (including phenoxy) is 1. The summed E-state index contributed by atoms with van der Waals surface area (Å²) in [7, 11) is 0. The maximum Gasteiger partial charge on any atom is 0.215 e. The van der Waals surface area contributed by atoms with E-state index in [1.54, 1.807) is 0 Å². The number of aliphatic imine (C=N–C) groups is 1. The molecule has 2 saturated heterocycles. The largest absolute Gasteiger partial charge is 0.389 e. The molecule has 0 aliphatic carbocycles. The SMILES string of the molecule is C=C(C)C(/C=C(\C(=C)C)N1CCN(C2(C)COCC2O)CC1)=N\C(=N)Cl. The van der Waals surface area contributed by atoms with Crippen LogP contribution in [-0.2, 0) is 4.74 Å². The van der Waals surface area contributed by atoms with Crippen LogP contribution in [0.15, 0.2) is 41.1 Å². The van der Waals surface area contributed by atoms with Crippen molar-refractivity contribution in [2.45, 2.75) is 32.4 Å². The molecule has 26 heavy (non-hydrogen) atoms. The smallest absolute Gasteiger partial charge is 0.215 e. The lowest BCUT2D eigenvalue weighted by molar-refractivity contribution is -0.0106. The fourth-order valence-corrected chi connectivity index (χ4v) is 3.47. The molecule has 0 aromatic rings. The Balaban J connectivity index is 2.16. The molecule has 2 rings (SSSR count). The van der Waals surface area contributed by atoms with Crippen molar-refractivity contribution in [1.82, 2.24) is 9.80 Å². The van der Waals surface area contributed by atoms with Gasteiger partial charge in [-0.1, -0.05) is 13.2 Å². The van der Waals surface area contributed by atoms with Gasteiger partial charge in [0, 0.05) is 31.9 Å². The monoisotopic (exact) mass is 380 g/mol. The van der Waals surface area contributed by atoms with E-state index in [9.17, 15) is 5.11 Å².